The first-order valence-electron chi connectivity index (χ1n) is 6.33. The van der Waals surface area contributed by atoms with Crippen LogP contribution in [0.4, 0.5) is 0 Å². The number of amidine groups is 1. The number of aliphatic imine (C=N–C) groups is 1. The maximum Gasteiger partial charge on any atom is 0.131 e. The predicted octanol–water partition coefficient (Wildman–Crippen LogP) is 2.48. The van der Waals surface area contributed by atoms with Crippen LogP contribution in [0.5, 0.6) is 0 Å². The second-order valence-electron chi connectivity index (χ2n) is 4.66. The monoisotopic (exact) mass is 214 g/mol. The number of hydrogen-bond donors (Lipinski definition) is 0. The first kappa shape index (κ1) is 9.88. The average Bonchev–Trinajstić information content (AvgIpc) is 2.39. The van der Waals surface area contributed by atoms with Crippen molar-refractivity contribution in [1.82, 2.24) is 4.90 Å². The van der Waals surface area contributed by atoms with E-state index in [2.05, 4.69) is 29.2 Å². The van der Waals surface area contributed by atoms with Crippen LogP contribution in [0.2, 0.25) is 0 Å². The number of nitrogens with zero attached hydrogens (tertiary/aromatic N) is 2. The highest BCUT2D eigenvalue weighted by atomic mass is 15.2. The Hall–Kier alpha value is -1.31. The molecule has 16 heavy (non-hydrogen) atoms. The van der Waals surface area contributed by atoms with Gasteiger partial charge in [-0.15, -0.1) is 0 Å². The number of fused-ring (bicyclic) bond motifs is 1. The summed E-state index contributed by atoms with van der Waals surface area (Å²) in [6.45, 7) is 3.34. The summed E-state index contributed by atoms with van der Waals surface area (Å²) in [4.78, 5) is 7.21. The smallest absolute Gasteiger partial charge is 0.131 e. The molecule has 2 aliphatic rings. The van der Waals surface area contributed by atoms with Crippen molar-refractivity contribution < 1.29 is 0 Å². The number of benzene rings is 1. The van der Waals surface area contributed by atoms with Crippen molar-refractivity contribution in [2.75, 3.05) is 19.6 Å². The zero-order valence-electron chi connectivity index (χ0n) is 9.65. The van der Waals surface area contributed by atoms with E-state index in [1.54, 1.807) is 0 Å². The van der Waals surface area contributed by atoms with E-state index in [4.69, 9.17) is 4.99 Å². The molecule has 0 amide bonds. The molecule has 0 aromatic heterocycles. The molecule has 0 bridgehead atoms. The van der Waals surface area contributed by atoms with Crippen LogP contribution in [-0.4, -0.2) is 30.4 Å². The Balaban J connectivity index is 1.92. The lowest BCUT2D eigenvalue weighted by atomic mass is 9.99. The first-order valence-corrected chi connectivity index (χ1v) is 6.33. The maximum absolute atomic E-state index is 4.74. The van der Waals surface area contributed by atoms with E-state index in [1.165, 1.54) is 49.3 Å². The topological polar surface area (TPSA) is 15.6 Å². The van der Waals surface area contributed by atoms with Gasteiger partial charge in [-0.2, -0.15) is 0 Å². The Morgan fingerprint density at radius 2 is 1.81 bits per heavy atom. The molecule has 0 N–H and O–H groups in total. The van der Waals surface area contributed by atoms with Crippen molar-refractivity contribution in [2.45, 2.75) is 25.7 Å². The fourth-order valence-electron chi connectivity index (χ4n) is 2.70. The average molecular weight is 214 g/mol. The molecule has 2 aliphatic heterocycles. The zero-order valence-corrected chi connectivity index (χ0v) is 9.65. The second-order valence-corrected chi connectivity index (χ2v) is 4.66. The van der Waals surface area contributed by atoms with Crippen LogP contribution in [0.1, 0.15) is 30.4 Å². The molecule has 1 saturated heterocycles. The molecule has 0 aliphatic carbocycles. The van der Waals surface area contributed by atoms with Gasteiger partial charge in [-0.25, -0.2) is 0 Å². The van der Waals surface area contributed by atoms with Gasteiger partial charge in [-0.1, -0.05) is 24.3 Å². The molecule has 2 nitrogen and oxygen atoms in total. The van der Waals surface area contributed by atoms with Gasteiger partial charge < -0.3 is 4.90 Å². The summed E-state index contributed by atoms with van der Waals surface area (Å²) in [5.74, 6) is 1.25. The Morgan fingerprint density at radius 3 is 2.69 bits per heavy atom. The summed E-state index contributed by atoms with van der Waals surface area (Å²) < 4.78 is 0. The molecule has 0 radical (unpaired) electrons. The van der Waals surface area contributed by atoms with Crippen molar-refractivity contribution in [3.05, 3.63) is 35.4 Å². The standard InChI is InChI=1S/C14H18N2/c1-4-10-16(11-5-1)14-13-7-3-2-6-12(13)8-9-15-14/h2-3,6-7H,1,4-5,8-11H2. The molecule has 1 aromatic rings. The zero-order chi connectivity index (χ0) is 10.8. The molecular formula is C14H18N2. The van der Waals surface area contributed by atoms with Crippen LogP contribution in [0.25, 0.3) is 0 Å². The van der Waals surface area contributed by atoms with Gasteiger partial charge in [0.05, 0.1) is 0 Å². The molecular weight excluding hydrogens is 196 g/mol. The van der Waals surface area contributed by atoms with Gasteiger partial charge in [-0.3, -0.25) is 4.99 Å². The number of piperidine rings is 1. The largest absolute Gasteiger partial charge is 0.356 e. The fraction of sp³-hybridized carbons (Fsp3) is 0.500. The number of likely N-dealkylation sites (tertiary alicyclic amines) is 1. The van der Waals surface area contributed by atoms with Crippen LogP contribution in [0.15, 0.2) is 29.3 Å². The summed E-state index contributed by atoms with van der Waals surface area (Å²) in [5, 5.41) is 0. The predicted molar refractivity (Wildman–Crippen MR) is 67.0 cm³/mol. The van der Waals surface area contributed by atoms with Gasteiger partial charge in [0.25, 0.3) is 0 Å². The molecule has 0 atom stereocenters. The molecule has 0 spiro atoms. The molecule has 84 valence electrons. The van der Waals surface area contributed by atoms with E-state index in [9.17, 15) is 0 Å². The van der Waals surface area contributed by atoms with Gasteiger partial charge in [-0.05, 0) is 31.2 Å². The Morgan fingerprint density at radius 1 is 1.00 bits per heavy atom. The van der Waals surface area contributed by atoms with E-state index in [0.717, 1.165) is 13.0 Å². The third-order valence-corrected chi connectivity index (χ3v) is 3.56. The van der Waals surface area contributed by atoms with Crippen LogP contribution in [0, 0.1) is 0 Å². The highest BCUT2D eigenvalue weighted by molar-refractivity contribution is 6.00. The summed E-state index contributed by atoms with van der Waals surface area (Å²) in [5.41, 5.74) is 2.84. The molecule has 1 aromatic carbocycles. The van der Waals surface area contributed by atoms with Crippen molar-refractivity contribution >= 4 is 5.84 Å². The van der Waals surface area contributed by atoms with E-state index < -0.39 is 0 Å². The van der Waals surface area contributed by atoms with Crippen molar-refractivity contribution in [2.24, 2.45) is 4.99 Å². The van der Waals surface area contributed by atoms with Crippen LogP contribution in [-0.2, 0) is 6.42 Å². The molecule has 0 saturated carbocycles. The minimum Gasteiger partial charge on any atom is -0.356 e. The Kier molecular flexibility index (Phi) is 2.65. The van der Waals surface area contributed by atoms with Gasteiger partial charge in [0.15, 0.2) is 0 Å². The SMILES string of the molecule is c1ccc2c(c1)CCN=C2N1CCCCC1. The summed E-state index contributed by atoms with van der Waals surface area (Å²) in [6, 6.07) is 8.73. The molecule has 3 rings (SSSR count). The van der Waals surface area contributed by atoms with Gasteiger partial charge in [0.2, 0.25) is 0 Å². The van der Waals surface area contributed by atoms with Gasteiger partial charge >= 0.3 is 0 Å². The van der Waals surface area contributed by atoms with Crippen molar-refractivity contribution in [3.63, 3.8) is 0 Å². The van der Waals surface area contributed by atoms with E-state index in [1.807, 2.05) is 0 Å². The molecule has 2 heterocycles. The summed E-state index contributed by atoms with van der Waals surface area (Å²) in [7, 11) is 0. The van der Waals surface area contributed by atoms with Gasteiger partial charge in [0, 0.05) is 25.2 Å². The number of hydrogen-bond acceptors (Lipinski definition) is 2. The Labute approximate surface area is 97.0 Å². The lowest BCUT2D eigenvalue weighted by Gasteiger charge is -2.32. The van der Waals surface area contributed by atoms with Gasteiger partial charge in [0.1, 0.15) is 5.84 Å². The van der Waals surface area contributed by atoms with Crippen LogP contribution < -0.4 is 0 Å². The lowest BCUT2D eigenvalue weighted by Crippen LogP contribution is -2.38. The van der Waals surface area contributed by atoms with Crippen LogP contribution in [0.3, 0.4) is 0 Å². The minimum absolute atomic E-state index is 0.961. The van der Waals surface area contributed by atoms with E-state index in [0.29, 0.717) is 0 Å². The highest BCUT2D eigenvalue weighted by Gasteiger charge is 2.20. The van der Waals surface area contributed by atoms with Crippen molar-refractivity contribution in [3.8, 4) is 0 Å². The highest BCUT2D eigenvalue weighted by Crippen LogP contribution is 2.20. The fourth-order valence-corrected chi connectivity index (χ4v) is 2.70. The first-order chi connectivity index (χ1) is 7.95. The molecule has 2 heteroatoms. The maximum atomic E-state index is 4.74. The molecule has 0 unspecified atom stereocenters. The molecule has 1 fully saturated rings. The minimum atomic E-state index is 0.961. The second kappa shape index (κ2) is 4.28. The van der Waals surface area contributed by atoms with E-state index in [-0.39, 0.29) is 0 Å². The third-order valence-electron chi connectivity index (χ3n) is 3.56. The summed E-state index contributed by atoms with van der Waals surface area (Å²) in [6.07, 6.45) is 5.13. The number of rotatable bonds is 0. The quantitative estimate of drug-likeness (QED) is 0.648. The Bertz CT molecular complexity index is 403. The summed E-state index contributed by atoms with van der Waals surface area (Å²) >= 11 is 0. The van der Waals surface area contributed by atoms with Crippen LogP contribution >= 0.6 is 0 Å². The lowest BCUT2D eigenvalue weighted by molar-refractivity contribution is 0.341. The van der Waals surface area contributed by atoms with Crippen molar-refractivity contribution in [1.29, 1.82) is 0 Å². The normalized spacial score (nSPS) is 20.2. The third kappa shape index (κ3) is 1.73. The van der Waals surface area contributed by atoms with E-state index >= 15 is 0 Å².